The molecule has 0 spiro atoms. The number of rotatable bonds is 5. The van der Waals surface area contributed by atoms with Gasteiger partial charge in [0.25, 0.3) is 0 Å². The van der Waals surface area contributed by atoms with Gasteiger partial charge in [-0.1, -0.05) is 37.3 Å². The van der Waals surface area contributed by atoms with Crippen molar-refractivity contribution in [2.24, 2.45) is 5.73 Å². The van der Waals surface area contributed by atoms with Crippen LogP contribution in [0.3, 0.4) is 0 Å². The van der Waals surface area contributed by atoms with Crippen LogP contribution in [0.5, 0.6) is 5.75 Å². The summed E-state index contributed by atoms with van der Waals surface area (Å²) >= 11 is 0. The fraction of sp³-hybridized carbons (Fsp3) is 0.235. The number of nitrogens with two attached hydrogens (primary N) is 1. The fourth-order valence-corrected chi connectivity index (χ4v) is 2.07. The third-order valence-electron chi connectivity index (χ3n) is 3.34. The van der Waals surface area contributed by atoms with Gasteiger partial charge in [0.05, 0.1) is 5.56 Å². The maximum Gasteiger partial charge on any atom is 0.147 e. The highest BCUT2D eigenvalue weighted by molar-refractivity contribution is 5.37. The Kier molecular flexibility index (Phi) is 4.91. The van der Waals surface area contributed by atoms with Gasteiger partial charge < -0.3 is 10.5 Å². The molecule has 0 bridgehead atoms. The second kappa shape index (κ2) is 6.87. The molecule has 2 rings (SSSR count). The van der Waals surface area contributed by atoms with Crippen LogP contribution in [-0.2, 0) is 6.61 Å². The van der Waals surface area contributed by atoms with E-state index in [9.17, 15) is 4.39 Å². The second-order valence-electron chi connectivity index (χ2n) is 4.73. The van der Waals surface area contributed by atoms with Crippen molar-refractivity contribution >= 4 is 0 Å². The lowest BCUT2D eigenvalue weighted by Gasteiger charge is -2.16. The van der Waals surface area contributed by atoms with Gasteiger partial charge in [0.2, 0.25) is 0 Å². The first-order valence-electron chi connectivity index (χ1n) is 6.82. The summed E-state index contributed by atoms with van der Waals surface area (Å²) in [6.07, 6.45) is 0.790. The summed E-state index contributed by atoms with van der Waals surface area (Å²) in [7, 11) is 0. The van der Waals surface area contributed by atoms with Gasteiger partial charge in [-0.15, -0.1) is 0 Å². The van der Waals surface area contributed by atoms with Gasteiger partial charge in [0, 0.05) is 17.2 Å². The molecule has 0 aromatic heterocycles. The minimum absolute atomic E-state index is 0.0228. The van der Waals surface area contributed by atoms with E-state index in [4.69, 9.17) is 15.7 Å². The van der Waals surface area contributed by atoms with Gasteiger partial charge in [0.15, 0.2) is 0 Å². The maximum absolute atomic E-state index is 14.0. The molecule has 0 fully saturated rings. The van der Waals surface area contributed by atoms with Crippen LogP contribution in [0.1, 0.15) is 36.1 Å². The van der Waals surface area contributed by atoms with E-state index in [-0.39, 0.29) is 18.2 Å². The second-order valence-corrected chi connectivity index (χ2v) is 4.73. The molecule has 0 amide bonds. The quantitative estimate of drug-likeness (QED) is 0.911. The van der Waals surface area contributed by atoms with Crippen molar-refractivity contribution in [3.8, 4) is 11.8 Å². The number of hydrogen-bond acceptors (Lipinski definition) is 3. The number of nitriles is 1. The van der Waals surface area contributed by atoms with Crippen molar-refractivity contribution < 1.29 is 9.13 Å². The van der Waals surface area contributed by atoms with Crippen LogP contribution in [0.15, 0.2) is 42.5 Å². The molecule has 2 aromatic rings. The van der Waals surface area contributed by atoms with E-state index in [1.54, 1.807) is 12.1 Å². The van der Waals surface area contributed by atoms with Crippen LogP contribution in [0.4, 0.5) is 4.39 Å². The lowest BCUT2D eigenvalue weighted by molar-refractivity contribution is 0.294. The molecule has 1 atom stereocenters. The molecule has 0 aliphatic carbocycles. The molecule has 108 valence electrons. The molecule has 0 radical (unpaired) electrons. The van der Waals surface area contributed by atoms with E-state index < -0.39 is 5.82 Å². The average molecular weight is 284 g/mol. The normalized spacial score (nSPS) is 11.7. The van der Waals surface area contributed by atoms with E-state index in [1.165, 1.54) is 6.07 Å². The zero-order valence-corrected chi connectivity index (χ0v) is 11.8. The van der Waals surface area contributed by atoms with E-state index in [0.29, 0.717) is 11.3 Å². The fourth-order valence-electron chi connectivity index (χ4n) is 2.07. The molecular formula is C17H17FN2O. The monoisotopic (exact) mass is 284 g/mol. The van der Waals surface area contributed by atoms with Gasteiger partial charge in [0.1, 0.15) is 24.2 Å². The summed E-state index contributed by atoms with van der Waals surface area (Å²) in [5.74, 6) is 0.117. The third kappa shape index (κ3) is 3.39. The number of ether oxygens (including phenoxy) is 1. The minimum atomic E-state index is -0.530. The Labute approximate surface area is 123 Å². The van der Waals surface area contributed by atoms with Crippen LogP contribution in [0.2, 0.25) is 0 Å². The van der Waals surface area contributed by atoms with Crippen molar-refractivity contribution in [1.29, 1.82) is 5.26 Å². The van der Waals surface area contributed by atoms with Crippen LogP contribution >= 0.6 is 0 Å². The van der Waals surface area contributed by atoms with Crippen LogP contribution < -0.4 is 10.5 Å². The van der Waals surface area contributed by atoms with Crippen LogP contribution in [0, 0.1) is 17.1 Å². The topological polar surface area (TPSA) is 59.0 Å². The van der Waals surface area contributed by atoms with Crippen LogP contribution in [-0.4, -0.2) is 0 Å². The molecule has 3 nitrogen and oxygen atoms in total. The first-order valence-corrected chi connectivity index (χ1v) is 6.82. The Bertz CT molecular complexity index is 664. The predicted octanol–water partition coefficient (Wildman–Crippen LogP) is 3.69. The molecule has 21 heavy (non-hydrogen) atoms. The number of nitrogens with zero attached hydrogens (tertiary/aromatic N) is 1. The molecule has 2 N–H and O–H groups in total. The highest BCUT2D eigenvalue weighted by atomic mass is 19.1. The Morgan fingerprint density at radius 3 is 2.71 bits per heavy atom. The zero-order valence-electron chi connectivity index (χ0n) is 11.8. The zero-order chi connectivity index (χ0) is 15.2. The molecule has 0 unspecified atom stereocenters. The Hall–Kier alpha value is -2.38. The first kappa shape index (κ1) is 15.0. The van der Waals surface area contributed by atoms with Gasteiger partial charge in [-0.3, -0.25) is 0 Å². The Morgan fingerprint density at radius 1 is 1.24 bits per heavy atom. The van der Waals surface area contributed by atoms with Crippen molar-refractivity contribution in [2.45, 2.75) is 26.0 Å². The number of halogens is 1. The molecule has 0 saturated carbocycles. The number of hydrogen-bond donors (Lipinski definition) is 1. The van der Waals surface area contributed by atoms with E-state index in [0.717, 1.165) is 12.0 Å². The molecule has 2 aromatic carbocycles. The van der Waals surface area contributed by atoms with Gasteiger partial charge in [-0.2, -0.15) is 5.26 Å². The number of para-hydroxylation sites is 1. The summed E-state index contributed by atoms with van der Waals surface area (Å²) in [6, 6.07) is 13.9. The summed E-state index contributed by atoms with van der Waals surface area (Å²) in [5.41, 5.74) is 7.32. The molecule has 0 aliphatic heterocycles. The van der Waals surface area contributed by atoms with E-state index in [1.807, 2.05) is 37.3 Å². The average Bonchev–Trinajstić information content (AvgIpc) is 2.53. The van der Waals surface area contributed by atoms with Gasteiger partial charge >= 0.3 is 0 Å². The highest BCUT2D eigenvalue weighted by Gasteiger charge is 2.12. The molecular weight excluding hydrogens is 267 g/mol. The van der Waals surface area contributed by atoms with E-state index >= 15 is 0 Å². The molecule has 0 saturated heterocycles. The standard InChI is InChI=1S/C17H17FN2O/c1-2-15(20)14-8-3-4-9-16(14)21-11-13-7-5-6-12(10-19)17(13)18/h3-9,15H,2,11,20H2,1H3/t15-/m0/s1. The lowest BCUT2D eigenvalue weighted by atomic mass is 10.0. The predicted molar refractivity (Wildman–Crippen MR) is 79.1 cm³/mol. The first-order chi connectivity index (χ1) is 10.2. The lowest BCUT2D eigenvalue weighted by Crippen LogP contribution is -2.11. The van der Waals surface area contributed by atoms with Crippen LogP contribution in [0.25, 0.3) is 0 Å². The Balaban J connectivity index is 2.20. The number of benzene rings is 2. The highest BCUT2D eigenvalue weighted by Crippen LogP contribution is 2.26. The summed E-state index contributed by atoms with van der Waals surface area (Å²) < 4.78 is 19.7. The molecule has 0 aliphatic rings. The Morgan fingerprint density at radius 2 is 2.00 bits per heavy atom. The summed E-state index contributed by atoms with van der Waals surface area (Å²) in [5, 5.41) is 8.83. The SMILES string of the molecule is CC[C@H](N)c1ccccc1OCc1cccc(C#N)c1F. The smallest absolute Gasteiger partial charge is 0.147 e. The summed E-state index contributed by atoms with van der Waals surface area (Å²) in [4.78, 5) is 0. The maximum atomic E-state index is 14.0. The van der Waals surface area contributed by atoms with E-state index in [2.05, 4.69) is 0 Å². The van der Waals surface area contributed by atoms with Crippen molar-refractivity contribution in [1.82, 2.24) is 0 Å². The van der Waals surface area contributed by atoms with Gasteiger partial charge in [-0.05, 0) is 18.6 Å². The molecule has 0 heterocycles. The molecule has 4 heteroatoms. The van der Waals surface area contributed by atoms with Gasteiger partial charge in [-0.25, -0.2) is 4.39 Å². The largest absolute Gasteiger partial charge is 0.488 e. The van der Waals surface area contributed by atoms with Crippen molar-refractivity contribution in [3.63, 3.8) is 0 Å². The van der Waals surface area contributed by atoms with Crippen molar-refractivity contribution in [3.05, 3.63) is 65.0 Å². The summed E-state index contributed by atoms with van der Waals surface area (Å²) in [6.45, 7) is 2.06. The third-order valence-corrected chi connectivity index (χ3v) is 3.34. The minimum Gasteiger partial charge on any atom is -0.488 e. The van der Waals surface area contributed by atoms with Crippen molar-refractivity contribution in [2.75, 3.05) is 0 Å².